The Morgan fingerprint density at radius 1 is 1.31 bits per heavy atom. The summed E-state index contributed by atoms with van der Waals surface area (Å²) in [6.45, 7) is 0. The molecule has 4 nitrogen and oxygen atoms in total. The van der Waals surface area contributed by atoms with E-state index in [0.717, 1.165) is 25.7 Å². The maximum Gasteiger partial charge on any atom is 0.203 e. The highest BCUT2D eigenvalue weighted by Gasteiger charge is 2.24. The third-order valence-electron chi connectivity index (χ3n) is 2.99. The molecule has 1 saturated carbocycles. The first-order chi connectivity index (χ1) is 7.81. The summed E-state index contributed by atoms with van der Waals surface area (Å²) in [5.41, 5.74) is 0.272. The molecule has 0 unspecified atom stereocenters. The Morgan fingerprint density at radius 2 is 2.06 bits per heavy atom. The highest BCUT2D eigenvalue weighted by molar-refractivity contribution is 5.94. The van der Waals surface area contributed by atoms with Crippen LogP contribution in [0.2, 0.25) is 0 Å². The molecule has 0 aromatic carbocycles. The summed E-state index contributed by atoms with van der Waals surface area (Å²) in [6, 6.07) is 1.50. The lowest BCUT2D eigenvalue weighted by atomic mass is 9.86. The summed E-state index contributed by atoms with van der Waals surface area (Å²) >= 11 is 0. The van der Waals surface area contributed by atoms with Crippen molar-refractivity contribution in [3.63, 3.8) is 0 Å². The number of carbonyl (C=O) groups is 2. The third-order valence-corrected chi connectivity index (χ3v) is 2.99. The molecular formula is C12H14N2O2. The molecule has 4 heteroatoms. The molecule has 0 aliphatic heterocycles. The molecule has 0 N–H and O–H groups in total. The minimum atomic E-state index is -0.0107. The largest absolute Gasteiger partial charge is 0.296 e. The Morgan fingerprint density at radius 3 is 2.75 bits per heavy atom. The lowest BCUT2D eigenvalue weighted by Gasteiger charge is -2.19. The van der Waals surface area contributed by atoms with Crippen molar-refractivity contribution >= 4 is 12.1 Å². The quantitative estimate of drug-likeness (QED) is 0.575. The van der Waals surface area contributed by atoms with Crippen molar-refractivity contribution in [1.82, 2.24) is 9.97 Å². The van der Waals surface area contributed by atoms with Gasteiger partial charge in [0.15, 0.2) is 12.1 Å². The molecule has 0 radical (unpaired) electrons. The Balaban J connectivity index is 2.15. The molecule has 0 spiro atoms. The number of Topliss-reactive ketones (excluding diaryl/α,β-unsaturated/α-hetero) is 1. The zero-order chi connectivity index (χ0) is 11.4. The summed E-state index contributed by atoms with van der Waals surface area (Å²) in [4.78, 5) is 30.5. The van der Waals surface area contributed by atoms with Crippen LogP contribution in [-0.4, -0.2) is 22.0 Å². The molecule has 1 aliphatic carbocycles. The molecule has 1 aromatic rings. The van der Waals surface area contributed by atoms with Crippen molar-refractivity contribution in [1.29, 1.82) is 0 Å². The van der Waals surface area contributed by atoms with Crippen LogP contribution < -0.4 is 0 Å². The molecule has 0 bridgehead atoms. The molecule has 0 amide bonds. The Hall–Kier alpha value is -1.58. The van der Waals surface area contributed by atoms with Crippen LogP contribution in [0.4, 0.5) is 0 Å². The molecular weight excluding hydrogens is 204 g/mol. The van der Waals surface area contributed by atoms with Crippen molar-refractivity contribution in [2.75, 3.05) is 0 Å². The number of aromatic nitrogens is 2. The van der Waals surface area contributed by atoms with E-state index in [9.17, 15) is 9.59 Å². The molecule has 1 aromatic heterocycles. The minimum absolute atomic E-state index is 0.0107. The molecule has 16 heavy (non-hydrogen) atoms. The summed E-state index contributed by atoms with van der Waals surface area (Å²) in [6.07, 6.45) is 7.36. The molecule has 84 valence electrons. The first-order valence-corrected chi connectivity index (χ1v) is 5.63. The number of hydrogen-bond donors (Lipinski definition) is 0. The zero-order valence-electron chi connectivity index (χ0n) is 9.06. The van der Waals surface area contributed by atoms with Crippen LogP contribution in [-0.2, 0) is 0 Å². The van der Waals surface area contributed by atoms with Gasteiger partial charge in [-0.15, -0.1) is 0 Å². The minimum Gasteiger partial charge on any atom is -0.296 e. The number of rotatable bonds is 3. The van der Waals surface area contributed by atoms with Gasteiger partial charge in [0, 0.05) is 12.1 Å². The number of ketones is 1. The zero-order valence-corrected chi connectivity index (χ0v) is 9.06. The van der Waals surface area contributed by atoms with Gasteiger partial charge in [0.1, 0.15) is 5.69 Å². The van der Waals surface area contributed by atoms with E-state index in [-0.39, 0.29) is 23.2 Å². The fourth-order valence-corrected chi connectivity index (χ4v) is 2.10. The van der Waals surface area contributed by atoms with Crippen molar-refractivity contribution in [2.24, 2.45) is 5.92 Å². The van der Waals surface area contributed by atoms with Crippen LogP contribution in [0, 0.1) is 5.92 Å². The molecule has 1 fully saturated rings. The van der Waals surface area contributed by atoms with Crippen LogP contribution in [0.15, 0.2) is 12.3 Å². The van der Waals surface area contributed by atoms with Crippen molar-refractivity contribution < 1.29 is 9.59 Å². The highest BCUT2D eigenvalue weighted by atomic mass is 16.1. The fourth-order valence-electron chi connectivity index (χ4n) is 2.10. The molecule has 1 aliphatic rings. The highest BCUT2D eigenvalue weighted by Crippen LogP contribution is 2.25. The summed E-state index contributed by atoms with van der Waals surface area (Å²) in [5.74, 6) is 0.232. The van der Waals surface area contributed by atoms with E-state index in [4.69, 9.17) is 0 Å². The summed E-state index contributed by atoms with van der Waals surface area (Å²) in [5, 5.41) is 0. The average molecular weight is 218 g/mol. The topological polar surface area (TPSA) is 59.9 Å². The van der Waals surface area contributed by atoms with E-state index < -0.39 is 0 Å². The standard InChI is InChI=1S/C12H14N2O2/c15-8-10-6-7-13-12(14-10)11(16)9-4-2-1-3-5-9/h6-9H,1-5H2. The van der Waals surface area contributed by atoms with Gasteiger partial charge >= 0.3 is 0 Å². The Bertz CT molecular complexity index is 398. The van der Waals surface area contributed by atoms with Crippen molar-refractivity contribution in [3.8, 4) is 0 Å². The second kappa shape index (κ2) is 4.96. The van der Waals surface area contributed by atoms with Crippen LogP contribution in [0.3, 0.4) is 0 Å². The van der Waals surface area contributed by atoms with E-state index in [1.54, 1.807) is 0 Å². The molecule has 2 rings (SSSR count). The van der Waals surface area contributed by atoms with Crippen LogP contribution in [0.25, 0.3) is 0 Å². The summed E-state index contributed by atoms with van der Waals surface area (Å²) in [7, 11) is 0. The normalized spacial score (nSPS) is 17.0. The molecule has 0 atom stereocenters. The smallest absolute Gasteiger partial charge is 0.203 e. The number of hydrogen-bond acceptors (Lipinski definition) is 4. The fraction of sp³-hybridized carbons (Fsp3) is 0.500. The van der Waals surface area contributed by atoms with Gasteiger partial charge in [0.2, 0.25) is 5.78 Å². The van der Waals surface area contributed by atoms with Gasteiger partial charge in [-0.3, -0.25) is 9.59 Å². The lowest BCUT2D eigenvalue weighted by Crippen LogP contribution is -2.20. The SMILES string of the molecule is O=Cc1ccnc(C(=O)C2CCCCC2)n1. The second-order valence-corrected chi connectivity index (χ2v) is 4.12. The van der Waals surface area contributed by atoms with Gasteiger partial charge in [-0.2, -0.15) is 0 Å². The van der Waals surface area contributed by atoms with Crippen molar-refractivity contribution in [3.05, 3.63) is 23.8 Å². The maximum absolute atomic E-state index is 12.0. The van der Waals surface area contributed by atoms with E-state index in [1.807, 2.05) is 0 Å². The average Bonchev–Trinajstić information content (AvgIpc) is 2.39. The van der Waals surface area contributed by atoms with Crippen LogP contribution >= 0.6 is 0 Å². The van der Waals surface area contributed by atoms with E-state index >= 15 is 0 Å². The molecule has 1 heterocycles. The van der Waals surface area contributed by atoms with Crippen LogP contribution in [0.1, 0.15) is 53.2 Å². The van der Waals surface area contributed by atoms with E-state index in [1.165, 1.54) is 18.7 Å². The van der Waals surface area contributed by atoms with Gasteiger partial charge in [0.25, 0.3) is 0 Å². The van der Waals surface area contributed by atoms with Gasteiger partial charge in [-0.25, -0.2) is 9.97 Å². The van der Waals surface area contributed by atoms with Crippen molar-refractivity contribution in [2.45, 2.75) is 32.1 Å². The number of nitrogens with zero attached hydrogens (tertiary/aromatic N) is 2. The Labute approximate surface area is 94.1 Å². The lowest BCUT2D eigenvalue weighted by molar-refractivity contribution is 0.0878. The van der Waals surface area contributed by atoms with E-state index in [2.05, 4.69) is 9.97 Å². The third kappa shape index (κ3) is 2.32. The predicted octanol–water partition coefficient (Wildman–Crippen LogP) is 2.05. The van der Waals surface area contributed by atoms with Gasteiger partial charge in [0.05, 0.1) is 0 Å². The van der Waals surface area contributed by atoms with Gasteiger partial charge < -0.3 is 0 Å². The second-order valence-electron chi connectivity index (χ2n) is 4.12. The summed E-state index contributed by atoms with van der Waals surface area (Å²) < 4.78 is 0. The first kappa shape index (κ1) is 10.9. The van der Waals surface area contributed by atoms with E-state index in [0.29, 0.717) is 6.29 Å². The predicted molar refractivity (Wildman–Crippen MR) is 58.3 cm³/mol. The number of carbonyl (C=O) groups excluding carboxylic acids is 2. The first-order valence-electron chi connectivity index (χ1n) is 5.63. The Kier molecular flexibility index (Phi) is 3.39. The molecule has 0 saturated heterocycles. The van der Waals surface area contributed by atoms with Gasteiger partial charge in [-0.05, 0) is 18.9 Å². The number of aldehydes is 1. The monoisotopic (exact) mass is 218 g/mol. The van der Waals surface area contributed by atoms with Gasteiger partial charge in [-0.1, -0.05) is 19.3 Å². The van der Waals surface area contributed by atoms with Crippen LogP contribution in [0.5, 0.6) is 0 Å². The maximum atomic E-state index is 12.0.